The van der Waals surface area contributed by atoms with Gasteiger partial charge in [0.05, 0.1) is 39.9 Å². The summed E-state index contributed by atoms with van der Waals surface area (Å²) in [6.45, 7) is 4.85. The van der Waals surface area contributed by atoms with E-state index in [1.54, 1.807) is 6.08 Å². The van der Waals surface area contributed by atoms with Crippen LogP contribution < -0.4 is 5.32 Å². The van der Waals surface area contributed by atoms with Crippen molar-refractivity contribution in [3.63, 3.8) is 0 Å². The summed E-state index contributed by atoms with van der Waals surface area (Å²) < 4.78 is 23.8. The van der Waals surface area contributed by atoms with Gasteiger partial charge in [0.15, 0.2) is 0 Å². The number of nitrogens with zero attached hydrogens (tertiary/aromatic N) is 1. The molecule has 0 aromatic heterocycles. The topological polar surface area (TPSA) is 105 Å². The number of aliphatic hydroxyl groups excluding tert-OH is 1. The van der Waals surface area contributed by atoms with Crippen molar-refractivity contribution in [2.24, 2.45) is 0 Å². The number of rotatable bonds is 66. The summed E-state index contributed by atoms with van der Waals surface area (Å²) in [6, 6.07) is -0.869. The van der Waals surface area contributed by atoms with E-state index in [4.69, 9.17) is 9.05 Å². The van der Waals surface area contributed by atoms with E-state index in [1.165, 1.54) is 295 Å². The molecule has 0 aliphatic heterocycles. The molecule has 0 spiro atoms. The summed E-state index contributed by atoms with van der Waals surface area (Å²) in [5, 5.41) is 14.0. The molecule has 0 saturated heterocycles. The summed E-state index contributed by atoms with van der Waals surface area (Å²) in [7, 11) is 1.56. The van der Waals surface area contributed by atoms with E-state index in [0.29, 0.717) is 17.4 Å². The summed E-state index contributed by atoms with van der Waals surface area (Å²) in [5.74, 6) is -0.183. The number of hydrogen-bond acceptors (Lipinski definition) is 5. The van der Waals surface area contributed by atoms with Gasteiger partial charge in [0, 0.05) is 6.42 Å². The molecule has 8 nitrogen and oxygen atoms in total. The number of quaternary nitrogens is 1. The lowest BCUT2D eigenvalue weighted by atomic mass is 10.0. The minimum Gasteiger partial charge on any atom is -0.387 e. The molecule has 474 valence electrons. The van der Waals surface area contributed by atoms with Crippen molar-refractivity contribution < 1.29 is 32.9 Å². The number of carbonyl (C=O) groups is 1. The van der Waals surface area contributed by atoms with E-state index in [-0.39, 0.29) is 19.1 Å². The molecule has 0 radical (unpaired) electrons. The highest BCUT2D eigenvalue weighted by Gasteiger charge is 2.28. The molecule has 3 N–H and O–H groups in total. The average molecular weight is 1150 g/mol. The molecular weight excluding hydrogens is 1010 g/mol. The van der Waals surface area contributed by atoms with Gasteiger partial charge < -0.3 is 19.8 Å². The molecule has 9 heteroatoms. The van der Waals surface area contributed by atoms with Crippen molar-refractivity contribution in [2.75, 3.05) is 40.9 Å². The first kappa shape index (κ1) is 78.7. The number of phosphoric acid groups is 1. The molecule has 0 aromatic carbocycles. The first-order valence-electron chi connectivity index (χ1n) is 35.4. The third kappa shape index (κ3) is 64.3. The molecule has 3 atom stereocenters. The Labute approximate surface area is 499 Å². The standard InChI is InChI=1S/C71H139N2O6P/c1-6-8-10-12-14-16-18-20-22-24-26-28-30-32-34-35-36-37-39-41-43-45-47-49-51-53-55-57-59-61-63-65-71(75)72-69(68-79-80(76,77)78-67-66-73(3,4)5)70(74)64-62-60-58-56-54-52-50-48-46-44-42-40-38-33-31-29-27-25-23-21-19-17-15-13-11-9-7-2/h46,48,54,56,62,64,69-70,74H,6-45,47,49-53,55,57-61,63,65-68H2,1-5H3,(H-,72,75,76,77)/p+1/b48-46+,56-54+,64-62+. The number of carbonyl (C=O) groups excluding carboxylic acids is 1. The van der Waals surface area contributed by atoms with Crippen molar-refractivity contribution in [1.29, 1.82) is 0 Å². The minimum atomic E-state index is -4.36. The zero-order chi connectivity index (χ0) is 58.4. The Bertz CT molecular complexity index is 1400. The highest BCUT2D eigenvalue weighted by atomic mass is 31.2. The third-order valence-corrected chi connectivity index (χ3v) is 17.3. The molecule has 0 heterocycles. The van der Waals surface area contributed by atoms with Crippen molar-refractivity contribution >= 4 is 13.7 Å². The normalized spacial score (nSPS) is 13.8. The molecule has 0 fully saturated rings. The lowest BCUT2D eigenvalue weighted by Gasteiger charge is -2.25. The highest BCUT2D eigenvalue weighted by Crippen LogP contribution is 2.43. The Hall–Kier alpha value is -1.28. The Morgan fingerprint density at radius 2 is 0.688 bits per heavy atom. The maximum atomic E-state index is 13.0. The van der Waals surface area contributed by atoms with Crippen LogP contribution in [0.25, 0.3) is 0 Å². The largest absolute Gasteiger partial charge is 0.472 e. The van der Waals surface area contributed by atoms with Gasteiger partial charge in [-0.2, -0.15) is 0 Å². The average Bonchev–Trinajstić information content (AvgIpc) is 3.42. The molecular formula is C71H140N2O6P+. The third-order valence-electron chi connectivity index (χ3n) is 16.3. The highest BCUT2D eigenvalue weighted by molar-refractivity contribution is 7.47. The van der Waals surface area contributed by atoms with Crippen LogP contribution in [-0.4, -0.2) is 73.4 Å². The second-order valence-corrected chi connectivity index (χ2v) is 27.1. The van der Waals surface area contributed by atoms with Crippen molar-refractivity contribution in [3.05, 3.63) is 36.5 Å². The van der Waals surface area contributed by atoms with Crippen LogP contribution in [0.1, 0.15) is 361 Å². The van der Waals surface area contributed by atoms with Gasteiger partial charge in [0.2, 0.25) is 5.91 Å². The number of amides is 1. The van der Waals surface area contributed by atoms with Crippen LogP contribution in [0.3, 0.4) is 0 Å². The van der Waals surface area contributed by atoms with Crippen LogP contribution in [0.15, 0.2) is 36.5 Å². The summed E-state index contributed by atoms with van der Waals surface area (Å²) in [4.78, 5) is 23.4. The molecule has 80 heavy (non-hydrogen) atoms. The van der Waals surface area contributed by atoms with Crippen LogP contribution in [0.4, 0.5) is 0 Å². The molecule has 0 rings (SSSR count). The Balaban J connectivity index is 4.08. The SMILES string of the molecule is CCCCCCCCCCCCCCCCCCC/C=C/CC/C=C/CC/C=C/C(O)C(COP(=O)(O)OCC[N+](C)(C)C)NC(=O)CCCCCCCCCCCCCCCCCCCCCCCCCCCCCCCCC. The summed E-state index contributed by atoms with van der Waals surface area (Å²) in [5.41, 5.74) is 0. The van der Waals surface area contributed by atoms with Crippen LogP contribution in [0, 0.1) is 0 Å². The Kier molecular flexibility index (Phi) is 61.3. The van der Waals surface area contributed by atoms with Gasteiger partial charge in [0.25, 0.3) is 0 Å². The zero-order valence-electron chi connectivity index (χ0n) is 54.3. The van der Waals surface area contributed by atoms with E-state index in [0.717, 1.165) is 44.9 Å². The van der Waals surface area contributed by atoms with Crippen molar-refractivity contribution in [2.45, 2.75) is 373 Å². The van der Waals surface area contributed by atoms with Crippen LogP contribution >= 0.6 is 7.82 Å². The fourth-order valence-electron chi connectivity index (χ4n) is 10.8. The second kappa shape index (κ2) is 62.3. The van der Waals surface area contributed by atoms with Crippen molar-refractivity contribution in [3.8, 4) is 0 Å². The first-order chi connectivity index (χ1) is 39.0. The molecule has 0 bridgehead atoms. The number of likely N-dealkylation sites (N-methyl/N-ethyl adjacent to an activating group) is 1. The number of nitrogens with one attached hydrogen (secondary N) is 1. The number of unbranched alkanes of at least 4 members (excludes halogenated alkanes) is 49. The Morgan fingerprint density at radius 3 is 1.00 bits per heavy atom. The second-order valence-electron chi connectivity index (χ2n) is 25.6. The monoisotopic (exact) mass is 1150 g/mol. The van der Waals surface area contributed by atoms with Crippen LogP contribution in [0.5, 0.6) is 0 Å². The number of aliphatic hydroxyl groups is 1. The molecule has 1 amide bonds. The summed E-state index contributed by atoms with van der Waals surface area (Å²) in [6.07, 6.45) is 83.1. The summed E-state index contributed by atoms with van der Waals surface area (Å²) >= 11 is 0. The maximum Gasteiger partial charge on any atom is 0.472 e. The van der Waals surface area contributed by atoms with E-state index >= 15 is 0 Å². The van der Waals surface area contributed by atoms with E-state index < -0.39 is 20.0 Å². The van der Waals surface area contributed by atoms with E-state index in [2.05, 4.69) is 43.5 Å². The molecule has 0 saturated carbocycles. The van der Waals surface area contributed by atoms with Crippen LogP contribution in [0.2, 0.25) is 0 Å². The van der Waals surface area contributed by atoms with Gasteiger partial charge in [-0.25, -0.2) is 4.57 Å². The fraction of sp³-hybridized carbons (Fsp3) is 0.901. The minimum absolute atomic E-state index is 0.0554. The lowest BCUT2D eigenvalue weighted by Crippen LogP contribution is -2.45. The number of allylic oxidation sites excluding steroid dienone is 5. The fourth-order valence-corrected chi connectivity index (χ4v) is 11.6. The number of phosphoric ester groups is 1. The van der Waals surface area contributed by atoms with Gasteiger partial charge >= 0.3 is 7.82 Å². The van der Waals surface area contributed by atoms with Gasteiger partial charge in [-0.15, -0.1) is 0 Å². The van der Waals surface area contributed by atoms with Gasteiger partial charge in [0.1, 0.15) is 13.2 Å². The van der Waals surface area contributed by atoms with Crippen molar-refractivity contribution in [1.82, 2.24) is 5.32 Å². The maximum absolute atomic E-state index is 13.0. The molecule has 0 aliphatic rings. The Morgan fingerprint density at radius 1 is 0.412 bits per heavy atom. The van der Waals surface area contributed by atoms with Crippen LogP contribution in [-0.2, 0) is 18.4 Å². The number of hydrogen-bond donors (Lipinski definition) is 3. The lowest BCUT2D eigenvalue weighted by molar-refractivity contribution is -0.870. The first-order valence-corrected chi connectivity index (χ1v) is 36.9. The van der Waals surface area contributed by atoms with E-state index in [1.807, 2.05) is 27.2 Å². The predicted molar refractivity (Wildman–Crippen MR) is 351 cm³/mol. The predicted octanol–water partition coefficient (Wildman–Crippen LogP) is 22.4. The smallest absolute Gasteiger partial charge is 0.387 e. The van der Waals surface area contributed by atoms with Gasteiger partial charge in [-0.3, -0.25) is 13.8 Å². The molecule has 0 aliphatic carbocycles. The van der Waals surface area contributed by atoms with E-state index in [9.17, 15) is 19.4 Å². The van der Waals surface area contributed by atoms with Gasteiger partial charge in [-0.05, 0) is 44.9 Å². The zero-order valence-corrected chi connectivity index (χ0v) is 55.2. The molecule has 0 aromatic rings. The van der Waals surface area contributed by atoms with Gasteiger partial charge in [-0.1, -0.05) is 346 Å². The quantitative estimate of drug-likeness (QED) is 0.0243. The molecule has 3 unspecified atom stereocenters.